The highest BCUT2D eigenvalue weighted by Gasteiger charge is 2.40. The summed E-state index contributed by atoms with van der Waals surface area (Å²) in [6, 6.07) is 4.65. The van der Waals surface area contributed by atoms with Crippen LogP contribution in [-0.2, 0) is 29.2 Å². The second kappa shape index (κ2) is 8.68. The van der Waals surface area contributed by atoms with Crippen LogP contribution in [0.4, 0.5) is 4.79 Å². The monoisotopic (exact) mass is 460 g/mol. The Morgan fingerprint density at radius 3 is 2.77 bits per heavy atom. The minimum absolute atomic E-state index is 0.215. The van der Waals surface area contributed by atoms with Crippen LogP contribution >= 0.6 is 22.9 Å². The number of fused-ring (bicyclic) bond motifs is 1. The van der Waals surface area contributed by atoms with Crippen molar-refractivity contribution in [2.45, 2.75) is 45.4 Å². The Balaban J connectivity index is 1.33. The number of hydrogen-bond acceptors (Lipinski definition) is 5. The van der Waals surface area contributed by atoms with E-state index in [1.165, 1.54) is 16.2 Å². The average Bonchev–Trinajstić information content (AvgIpc) is 3.27. The maximum Gasteiger partial charge on any atom is 0.315 e. The molecule has 2 aliphatic rings. The van der Waals surface area contributed by atoms with Gasteiger partial charge in [0.15, 0.2) is 0 Å². The van der Waals surface area contributed by atoms with Gasteiger partial charge >= 0.3 is 6.03 Å². The van der Waals surface area contributed by atoms with E-state index in [4.69, 9.17) is 11.6 Å². The highest BCUT2D eigenvalue weighted by Crippen LogP contribution is 2.33. The van der Waals surface area contributed by atoms with E-state index in [9.17, 15) is 19.2 Å². The average molecular weight is 461 g/mol. The lowest BCUT2D eigenvalue weighted by Crippen LogP contribution is -2.52. The van der Waals surface area contributed by atoms with Crippen LogP contribution < -0.4 is 16.0 Å². The first-order valence-corrected chi connectivity index (χ1v) is 11.1. The lowest BCUT2D eigenvalue weighted by atomic mass is 10.0. The number of urea groups is 1. The second-order valence-electron chi connectivity index (χ2n) is 7.57. The first kappa shape index (κ1) is 21.3. The molecule has 8 nitrogen and oxygen atoms in total. The summed E-state index contributed by atoms with van der Waals surface area (Å²) >= 11 is 7.51. The van der Waals surface area contributed by atoms with Crippen molar-refractivity contribution in [1.82, 2.24) is 20.9 Å². The standard InChI is InChI=1S/C21H21ClN4O4S/c1-11-2-3-12(6-15(11)22)7-23-21(30)24-8-17-13-9-26(20(29)14(13)10-31-17)16-4-5-18(27)25-19(16)28/h2-3,6,10,16H,4-5,7-9H2,1H3,(H2,23,24,30)(H,25,27,28)/t16-/m1/s1. The van der Waals surface area contributed by atoms with Gasteiger partial charge in [0.2, 0.25) is 11.8 Å². The summed E-state index contributed by atoms with van der Waals surface area (Å²) in [5.74, 6) is -0.965. The summed E-state index contributed by atoms with van der Waals surface area (Å²) in [6.45, 7) is 2.83. The number of imide groups is 1. The molecule has 0 bridgehead atoms. The van der Waals surface area contributed by atoms with Crippen LogP contribution in [0.1, 0.15) is 44.8 Å². The smallest absolute Gasteiger partial charge is 0.315 e. The van der Waals surface area contributed by atoms with Crippen molar-refractivity contribution in [1.29, 1.82) is 0 Å². The van der Waals surface area contributed by atoms with Crippen molar-refractivity contribution in [3.05, 3.63) is 55.7 Å². The molecule has 162 valence electrons. The lowest BCUT2D eigenvalue weighted by Gasteiger charge is -2.29. The molecule has 10 heteroatoms. The molecule has 3 heterocycles. The summed E-state index contributed by atoms with van der Waals surface area (Å²) in [7, 11) is 0. The molecule has 2 aromatic rings. The third-order valence-electron chi connectivity index (χ3n) is 5.49. The Bertz CT molecular complexity index is 1080. The minimum atomic E-state index is -0.645. The van der Waals surface area contributed by atoms with E-state index in [1.807, 2.05) is 25.1 Å². The van der Waals surface area contributed by atoms with Gasteiger partial charge in [-0.15, -0.1) is 11.3 Å². The van der Waals surface area contributed by atoms with Crippen LogP contribution in [0.25, 0.3) is 0 Å². The van der Waals surface area contributed by atoms with Crippen LogP contribution in [0.5, 0.6) is 0 Å². The van der Waals surface area contributed by atoms with Crippen molar-refractivity contribution in [2.75, 3.05) is 0 Å². The fraction of sp³-hybridized carbons (Fsp3) is 0.333. The number of carbonyl (C=O) groups excluding carboxylic acids is 4. The predicted octanol–water partition coefficient (Wildman–Crippen LogP) is 2.47. The summed E-state index contributed by atoms with van der Waals surface area (Å²) in [4.78, 5) is 50.8. The molecule has 1 aromatic heterocycles. The predicted molar refractivity (Wildman–Crippen MR) is 116 cm³/mol. The van der Waals surface area contributed by atoms with Gasteiger partial charge in [-0.3, -0.25) is 19.7 Å². The fourth-order valence-electron chi connectivity index (χ4n) is 3.70. The molecular weight excluding hydrogens is 440 g/mol. The van der Waals surface area contributed by atoms with E-state index in [0.717, 1.165) is 21.6 Å². The maximum absolute atomic E-state index is 12.7. The van der Waals surface area contributed by atoms with Gasteiger partial charge in [-0.1, -0.05) is 23.7 Å². The van der Waals surface area contributed by atoms with Crippen LogP contribution in [0.2, 0.25) is 5.02 Å². The topological polar surface area (TPSA) is 108 Å². The number of amides is 5. The number of rotatable bonds is 5. The highest BCUT2D eigenvalue weighted by atomic mass is 35.5. The molecule has 0 spiro atoms. The number of benzene rings is 1. The molecule has 2 aliphatic heterocycles. The van der Waals surface area contributed by atoms with Gasteiger partial charge in [-0.05, 0) is 36.1 Å². The molecule has 0 radical (unpaired) electrons. The number of nitrogens with zero attached hydrogens (tertiary/aromatic N) is 1. The molecule has 3 N–H and O–H groups in total. The molecular formula is C21H21ClN4O4S. The summed E-state index contributed by atoms with van der Waals surface area (Å²) in [6.07, 6.45) is 0.539. The Labute approximate surface area is 187 Å². The lowest BCUT2D eigenvalue weighted by molar-refractivity contribution is -0.136. The molecule has 1 aromatic carbocycles. The number of halogens is 1. The zero-order valence-electron chi connectivity index (χ0n) is 16.8. The fourth-order valence-corrected chi connectivity index (χ4v) is 4.88. The van der Waals surface area contributed by atoms with Crippen molar-refractivity contribution >= 4 is 46.7 Å². The number of hydrogen-bond donors (Lipinski definition) is 3. The molecule has 4 rings (SSSR count). The normalized spacial score (nSPS) is 18.1. The molecule has 1 saturated heterocycles. The SMILES string of the molecule is Cc1ccc(CNC(=O)NCc2scc3c2CN([C@@H]2CCC(=O)NC2=O)C3=O)cc1Cl. The quantitative estimate of drug-likeness (QED) is 0.595. The summed E-state index contributed by atoms with van der Waals surface area (Å²) < 4.78 is 0. The van der Waals surface area contributed by atoms with Gasteiger partial charge in [0.1, 0.15) is 6.04 Å². The van der Waals surface area contributed by atoms with Gasteiger partial charge in [0, 0.05) is 34.8 Å². The number of thiophene rings is 1. The van der Waals surface area contributed by atoms with Crippen LogP contribution in [0.3, 0.4) is 0 Å². The number of nitrogens with one attached hydrogen (secondary N) is 3. The van der Waals surface area contributed by atoms with Crippen LogP contribution in [0, 0.1) is 6.92 Å². The highest BCUT2D eigenvalue weighted by molar-refractivity contribution is 7.10. The van der Waals surface area contributed by atoms with Crippen molar-refractivity contribution in [2.24, 2.45) is 0 Å². The molecule has 1 fully saturated rings. The van der Waals surface area contributed by atoms with Gasteiger partial charge in [0.05, 0.1) is 12.1 Å². The summed E-state index contributed by atoms with van der Waals surface area (Å²) in [5, 5.41) is 10.3. The van der Waals surface area contributed by atoms with Gasteiger partial charge in [-0.2, -0.15) is 0 Å². The van der Waals surface area contributed by atoms with E-state index in [-0.39, 0.29) is 30.8 Å². The second-order valence-corrected chi connectivity index (χ2v) is 8.94. The van der Waals surface area contributed by atoms with E-state index < -0.39 is 11.9 Å². The Morgan fingerprint density at radius 2 is 2.03 bits per heavy atom. The number of piperidine rings is 1. The first-order valence-electron chi connectivity index (χ1n) is 9.84. The number of carbonyl (C=O) groups is 4. The third-order valence-corrected chi connectivity index (χ3v) is 6.92. The molecule has 0 unspecified atom stereocenters. The molecule has 31 heavy (non-hydrogen) atoms. The Kier molecular flexibility index (Phi) is 5.97. The zero-order chi connectivity index (χ0) is 22.1. The maximum atomic E-state index is 12.7. The summed E-state index contributed by atoms with van der Waals surface area (Å²) in [5.41, 5.74) is 3.25. The van der Waals surface area contributed by atoms with Gasteiger partial charge in [0.25, 0.3) is 5.91 Å². The zero-order valence-corrected chi connectivity index (χ0v) is 18.4. The van der Waals surface area contributed by atoms with Crippen LogP contribution in [0.15, 0.2) is 23.6 Å². The van der Waals surface area contributed by atoms with E-state index >= 15 is 0 Å². The van der Waals surface area contributed by atoms with Crippen molar-refractivity contribution in [3.63, 3.8) is 0 Å². The van der Waals surface area contributed by atoms with Crippen LogP contribution in [-0.4, -0.2) is 34.7 Å². The third kappa shape index (κ3) is 4.42. The van der Waals surface area contributed by atoms with Crippen molar-refractivity contribution < 1.29 is 19.2 Å². The van der Waals surface area contributed by atoms with E-state index in [0.29, 0.717) is 30.1 Å². The Morgan fingerprint density at radius 1 is 1.26 bits per heavy atom. The van der Waals surface area contributed by atoms with E-state index in [1.54, 1.807) is 5.38 Å². The minimum Gasteiger partial charge on any atom is -0.334 e. The number of aryl methyl sites for hydroxylation is 1. The molecule has 0 saturated carbocycles. The molecule has 1 atom stereocenters. The van der Waals surface area contributed by atoms with Crippen molar-refractivity contribution in [3.8, 4) is 0 Å². The first-order chi connectivity index (χ1) is 14.8. The Hall–Kier alpha value is -2.91. The molecule has 5 amide bonds. The van der Waals surface area contributed by atoms with E-state index in [2.05, 4.69) is 16.0 Å². The van der Waals surface area contributed by atoms with Gasteiger partial charge in [-0.25, -0.2) is 4.79 Å². The molecule has 0 aliphatic carbocycles. The largest absolute Gasteiger partial charge is 0.334 e. The van der Waals surface area contributed by atoms with Gasteiger partial charge < -0.3 is 15.5 Å².